The van der Waals surface area contributed by atoms with Crippen LogP contribution in [0.3, 0.4) is 0 Å². The monoisotopic (exact) mass is 320 g/mol. The fourth-order valence-corrected chi connectivity index (χ4v) is 2.60. The number of nitrogen functional groups attached to an aromatic ring is 1. The van der Waals surface area contributed by atoms with E-state index in [1.807, 2.05) is 13.8 Å². The first-order chi connectivity index (χ1) is 9.60. The third-order valence-electron chi connectivity index (χ3n) is 2.77. The van der Waals surface area contributed by atoms with Crippen LogP contribution >= 0.6 is 23.2 Å². The van der Waals surface area contributed by atoms with Crippen LogP contribution in [0.15, 0.2) is 12.1 Å². The van der Waals surface area contributed by atoms with E-state index >= 15 is 0 Å². The Hall–Kier alpha value is -0.680. The Labute approximate surface area is 130 Å². The van der Waals surface area contributed by atoms with Crippen molar-refractivity contribution in [1.82, 2.24) is 0 Å². The number of rotatable bonds is 9. The van der Waals surface area contributed by atoms with Gasteiger partial charge in [-0.25, -0.2) is 0 Å². The summed E-state index contributed by atoms with van der Waals surface area (Å²) in [6.45, 7) is 7.92. The summed E-state index contributed by atoms with van der Waals surface area (Å²) in [6.07, 6.45) is 0. The molecule has 0 fully saturated rings. The molecule has 0 aromatic heterocycles. The van der Waals surface area contributed by atoms with Crippen molar-refractivity contribution in [2.24, 2.45) is 0 Å². The lowest BCUT2D eigenvalue weighted by Gasteiger charge is -2.26. The summed E-state index contributed by atoms with van der Waals surface area (Å²) in [4.78, 5) is 2.06. The molecule has 0 unspecified atom stereocenters. The second-order valence-corrected chi connectivity index (χ2v) is 5.03. The molecular weight excluding hydrogens is 299 g/mol. The molecule has 6 heteroatoms. The van der Waals surface area contributed by atoms with Gasteiger partial charge in [-0.05, 0) is 26.0 Å². The molecule has 0 radical (unpaired) electrons. The van der Waals surface area contributed by atoms with E-state index in [9.17, 15) is 0 Å². The second-order valence-electron chi connectivity index (χ2n) is 4.21. The van der Waals surface area contributed by atoms with Gasteiger partial charge in [-0.2, -0.15) is 0 Å². The number of benzene rings is 1. The van der Waals surface area contributed by atoms with Crippen LogP contribution in [0, 0.1) is 0 Å². The van der Waals surface area contributed by atoms with Crippen LogP contribution in [-0.2, 0) is 9.47 Å². The molecule has 114 valence electrons. The van der Waals surface area contributed by atoms with Gasteiger partial charge in [0.1, 0.15) is 0 Å². The minimum absolute atomic E-state index is 0.544. The Kier molecular flexibility index (Phi) is 8.07. The van der Waals surface area contributed by atoms with Gasteiger partial charge in [0.15, 0.2) is 0 Å². The van der Waals surface area contributed by atoms with Crippen molar-refractivity contribution in [3.63, 3.8) is 0 Å². The van der Waals surface area contributed by atoms with Gasteiger partial charge in [0.05, 0.1) is 28.9 Å². The van der Waals surface area contributed by atoms with Crippen molar-refractivity contribution in [2.45, 2.75) is 13.8 Å². The molecule has 4 nitrogen and oxygen atoms in total. The predicted octanol–water partition coefficient (Wildman–Crippen LogP) is 3.46. The maximum Gasteiger partial charge on any atom is 0.0748 e. The molecule has 1 aromatic carbocycles. The molecule has 0 heterocycles. The summed E-state index contributed by atoms with van der Waals surface area (Å²) in [7, 11) is 0. The molecule has 0 spiro atoms. The van der Waals surface area contributed by atoms with Gasteiger partial charge >= 0.3 is 0 Å². The zero-order chi connectivity index (χ0) is 15.0. The minimum atomic E-state index is 0.544. The normalized spacial score (nSPS) is 10.8. The van der Waals surface area contributed by atoms with E-state index in [2.05, 4.69) is 4.90 Å². The molecule has 0 aliphatic carbocycles. The van der Waals surface area contributed by atoms with Crippen LogP contribution in [0.2, 0.25) is 10.0 Å². The van der Waals surface area contributed by atoms with Crippen LogP contribution in [0.25, 0.3) is 0 Å². The summed E-state index contributed by atoms with van der Waals surface area (Å²) in [5, 5.41) is 1.09. The highest BCUT2D eigenvalue weighted by molar-refractivity contribution is 6.39. The molecular formula is C14H22Cl2N2O2. The Morgan fingerprint density at radius 3 is 1.85 bits per heavy atom. The first-order valence-electron chi connectivity index (χ1n) is 6.75. The topological polar surface area (TPSA) is 47.7 Å². The zero-order valence-corrected chi connectivity index (χ0v) is 13.5. The smallest absolute Gasteiger partial charge is 0.0748 e. The Morgan fingerprint density at radius 1 is 1.00 bits per heavy atom. The van der Waals surface area contributed by atoms with Gasteiger partial charge in [-0.15, -0.1) is 0 Å². The summed E-state index contributed by atoms with van der Waals surface area (Å²) in [5.41, 5.74) is 7.07. The summed E-state index contributed by atoms with van der Waals surface area (Å²) in [5.74, 6) is 0. The van der Waals surface area contributed by atoms with Crippen molar-refractivity contribution in [3.05, 3.63) is 22.2 Å². The van der Waals surface area contributed by atoms with Gasteiger partial charge in [0.2, 0.25) is 0 Å². The molecule has 1 rings (SSSR count). The van der Waals surface area contributed by atoms with Crippen LogP contribution in [0.5, 0.6) is 0 Å². The molecule has 0 bridgehead atoms. The molecule has 0 amide bonds. The number of hydrogen-bond acceptors (Lipinski definition) is 4. The zero-order valence-electron chi connectivity index (χ0n) is 12.0. The largest absolute Gasteiger partial charge is 0.399 e. The average molecular weight is 321 g/mol. The van der Waals surface area contributed by atoms with Crippen molar-refractivity contribution in [1.29, 1.82) is 0 Å². The number of anilines is 2. The van der Waals surface area contributed by atoms with Crippen molar-refractivity contribution < 1.29 is 9.47 Å². The third kappa shape index (κ3) is 5.37. The Balaban J connectivity index is 2.84. The lowest BCUT2D eigenvalue weighted by molar-refractivity contribution is 0.141. The van der Waals surface area contributed by atoms with Crippen LogP contribution in [-0.4, -0.2) is 39.5 Å². The fourth-order valence-electron chi connectivity index (χ4n) is 1.86. The number of nitrogens with zero attached hydrogens (tertiary/aromatic N) is 1. The van der Waals surface area contributed by atoms with Gasteiger partial charge in [0, 0.05) is 32.0 Å². The van der Waals surface area contributed by atoms with Crippen LogP contribution in [0.1, 0.15) is 13.8 Å². The maximum absolute atomic E-state index is 6.27. The van der Waals surface area contributed by atoms with E-state index in [1.165, 1.54) is 0 Å². The van der Waals surface area contributed by atoms with Crippen LogP contribution < -0.4 is 10.6 Å². The Bertz CT molecular complexity index is 383. The lowest BCUT2D eigenvalue weighted by atomic mass is 10.2. The fraction of sp³-hybridized carbons (Fsp3) is 0.571. The molecule has 2 N–H and O–H groups in total. The van der Waals surface area contributed by atoms with Crippen molar-refractivity contribution in [3.8, 4) is 0 Å². The lowest BCUT2D eigenvalue weighted by Crippen LogP contribution is -2.31. The molecule has 0 atom stereocenters. The van der Waals surface area contributed by atoms with E-state index in [-0.39, 0.29) is 0 Å². The van der Waals surface area contributed by atoms with E-state index in [4.69, 9.17) is 38.4 Å². The van der Waals surface area contributed by atoms with Crippen LogP contribution in [0.4, 0.5) is 11.4 Å². The van der Waals surface area contributed by atoms with Crippen molar-refractivity contribution in [2.75, 3.05) is 50.2 Å². The standard InChI is InChI=1S/C14H22Cl2N2O2/c1-3-19-7-5-18(6-8-20-4-2)14-12(15)9-11(17)10-13(14)16/h9-10H,3-8,17H2,1-2H3. The molecule has 0 saturated carbocycles. The summed E-state index contributed by atoms with van der Waals surface area (Å²) >= 11 is 12.5. The second kappa shape index (κ2) is 9.29. The van der Waals surface area contributed by atoms with Gasteiger partial charge < -0.3 is 20.1 Å². The SMILES string of the molecule is CCOCCN(CCOCC)c1c(Cl)cc(N)cc1Cl. The first-order valence-corrected chi connectivity index (χ1v) is 7.50. The van der Waals surface area contributed by atoms with Crippen molar-refractivity contribution >= 4 is 34.6 Å². The average Bonchev–Trinajstić information content (AvgIpc) is 2.37. The highest BCUT2D eigenvalue weighted by Gasteiger charge is 2.15. The summed E-state index contributed by atoms with van der Waals surface area (Å²) in [6, 6.07) is 3.41. The molecule has 0 saturated heterocycles. The molecule has 0 aliphatic rings. The van der Waals surface area contributed by atoms with Gasteiger partial charge in [-0.1, -0.05) is 23.2 Å². The quantitative estimate of drug-likeness (QED) is 0.559. The maximum atomic E-state index is 6.27. The third-order valence-corrected chi connectivity index (χ3v) is 3.35. The highest BCUT2D eigenvalue weighted by Crippen LogP contribution is 2.35. The van der Waals surface area contributed by atoms with Gasteiger partial charge in [0.25, 0.3) is 0 Å². The number of halogens is 2. The summed E-state index contributed by atoms with van der Waals surface area (Å²) < 4.78 is 10.8. The first kappa shape index (κ1) is 17.4. The minimum Gasteiger partial charge on any atom is -0.399 e. The number of nitrogens with two attached hydrogens (primary N) is 1. The molecule has 20 heavy (non-hydrogen) atoms. The van der Waals surface area contributed by atoms with Gasteiger partial charge in [-0.3, -0.25) is 0 Å². The van der Waals surface area contributed by atoms with E-state index in [0.29, 0.717) is 55.2 Å². The van der Waals surface area contributed by atoms with E-state index in [1.54, 1.807) is 12.1 Å². The molecule has 1 aromatic rings. The van der Waals surface area contributed by atoms with E-state index < -0.39 is 0 Å². The predicted molar refractivity (Wildman–Crippen MR) is 86.1 cm³/mol. The highest BCUT2D eigenvalue weighted by atomic mass is 35.5. The number of hydrogen-bond donors (Lipinski definition) is 1. The Morgan fingerprint density at radius 2 is 1.45 bits per heavy atom. The van der Waals surface area contributed by atoms with E-state index in [0.717, 1.165) is 5.69 Å². The molecule has 0 aliphatic heterocycles. The number of ether oxygens (including phenoxy) is 2.